The summed E-state index contributed by atoms with van der Waals surface area (Å²) in [5.74, 6) is 0.948. The van der Waals surface area contributed by atoms with Crippen molar-refractivity contribution >= 4 is 5.97 Å². The van der Waals surface area contributed by atoms with Crippen LogP contribution >= 0.6 is 0 Å². The van der Waals surface area contributed by atoms with E-state index in [0.717, 1.165) is 60.6 Å². The maximum Gasteiger partial charge on any atom is 0.336 e. The molecule has 0 saturated heterocycles. The van der Waals surface area contributed by atoms with Crippen LogP contribution in [0.1, 0.15) is 52.9 Å². The van der Waals surface area contributed by atoms with Crippen LogP contribution < -0.4 is 0 Å². The Labute approximate surface area is 194 Å². The molecule has 0 fully saturated rings. The molecular weight excluding hydrogens is 410 g/mol. The van der Waals surface area contributed by atoms with Crippen LogP contribution in [0.5, 0.6) is 0 Å². The van der Waals surface area contributed by atoms with Gasteiger partial charge in [-0.25, -0.2) is 14.5 Å². The van der Waals surface area contributed by atoms with E-state index >= 15 is 0 Å². The summed E-state index contributed by atoms with van der Waals surface area (Å²) in [5.41, 5.74) is 4.36. The Morgan fingerprint density at radius 2 is 1.61 bits per heavy atom. The van der Waals surface area contributed by atoms with E-state index in [1.54, 1.807) is 12.1 Å². The molecule has 4 rings (SSSR count). The zero-order chi connectivity index (χ0) is 23.0. The fourth-order valence-electron chi connectivity index (χ4n) is 3.96. The van der Waals surface area contributed by atoms with Crippen LogP contribution in [0.15, 0.2) is 78.9 Å². The zero-order valence-corrected chi connectivity index (χ0v) is 18.9. The highest BCUT2D eigenvalue weighted by molar-refractivity contribution is 5.95. The van der Waals surface area contributed by atoms with Crippen molar-refractivity contribution in [1.29, 1.82) is 0 Å². The maximum absolute atomic E-state index is 11.6. The summed E-state index contributed by atoms with van der Waals surface area (Å²) in [7, 11) is 0. The lowest BCUT2D eigenvalue weighted by molar-refractivity contribution is 0.0697. The third kappa shape index (κ3) is 5.75. The number of hydrogen-bond donors (Lipinski definition) is 1. The SMILES string of the molecule is CCCCn1nc(CCc2ccccc2)nc1Cc1ccc(-c2ccccc2C(=O)O)cc1. The van der Waals surface area contributed by atoms with Crippen LogP contribution in [-0.2, 0) is 25.8 Å². The summed E-state index contributed by atoms with van der Waals surface area (Å²) in [4.78, 5) is 16.4. The van der Waals surface area contributed by atoms with Crippen molar-refractivity contribution in [1.82, 2.24) is 14.8 Å². The number of aryl methyl sites for hydroxylation is 3. The summed E-state index contributed by atoms with van der Waals surface area (Å²) >= 11 is 0. The number of hydrogen-bond acceptors (Lipinski definition) is 3. The molecule has 5 nitrogen and oxygen atoms in total. The van der Waals surface area contributed by atoms with Crippen molar-refractivity contribution < 1.29 is 9.90 Å². The van der Waals surface area contributed by atoms with Crippen LogP contribution in [0.2, 0.25) is 0 Å². The first kappa shape index (κ1) is 22.5. The van der Waals surface area contributed by atoms with E-state index in [-0.39, 0.29) is 0 Å². The number of carboxylic acid groups (broad SMARTS) is 1. The molecule has 168 valence electrons. The molecule has 0 aliphatic heterocycles. The van der Waals surface area contributed by atoms with Crippen LogP contribution in [0.4, 0.5) is 0 Å². The average molecular weight is 440 g/mol. The van der Waals surface area contributed by atoms with E-state index in [4.69, 9.17) is 10.1 Å². The van der Waals surface area contributed by atoms with Gasteiger partial charge in [-0.1, -0.05) is 86.1 Å². The first-order valence-corrected chi connectivity index (χ1v) is 11.5. The Balaban J connectivity index is 1.51. The molecule has 3 aromatic carbocycles. The molecule has 5 heteroatoms. The summed E-state index contributed by atoms with van der Waals surface area (Å²) < 4.78 is 2.05. The van der Waals surface area contributed by atoms with E-state index in [1.807, 2.05) is 30.3 Å². The molecule has 0 amide bonds. The van der Waals surface area contributed by atoms with Crippen molar-refractivity contribution in [3.05, 3.63) is 107 Å². The molecule has 1 aromatic heterocycles. The molecule has 1 N–H and O–H groups in total. The van der Waals surface area contributed by atoms with Gasteiger partial charge in [0.1, 0.15) is 5.82 Å². The lowest BCUT2D eigenvalue weighted by Gasteiger charge is -2.08. The van der Waals surface area contributed by atoms with Crippen molar-refractivity contribution in [3.8, 4) is 11.1 Å². The van der Waals surface area contributed by atoms with Gasteiger partial charge < -0.3 is 5.11 Å². The van der Waals surface area contributed by atoms with Gasteiger partial charge in [-0.3, -0.25) is 0 Å². The third-order valence-electron chi connectivity index (χ3n) is 5.78. The molecule has 0 bridgehead atoms. The molecule has 0 radical (unpaired) electrons. The number of carboxylic acids is 1. The molecule has 0 atom stereocenters. The molecule has 1 heterocycles. The lowest BCUT2D eigenvalue weighted by atomic mass is 9.98. The fourth-order valence-corrected chi connectivity index (χ4v) is 3.96. The Kier molecular flexibility index (Phi) is 7.30. The van der Waals surface area contributed by atoms with Crippen LogP contribution in [-0.4, -0.2) is 25.8 Å². The second kappa shape index (κ2) is 10.7. The monoisotopic (exact) mass is 439 g/mol. The standard InChI is InChI=1S/C28H29N3O2/c1-2-3-19-31-27(29-26(30-31)18-15-21-9-5-4-6-10-21)20-22-13-16-23(17-14-22)24-11-7-8-12-25(24)28(32)33/h4-14,16-17H,2-3,15,18-20H2,1H3,(H,32,33). The van der Waals surface area contributed by atoms with Gasteiger partial charge in [-0.2, -0.15) is 5.10 Å². The number of unbranched alkanes of at least 4 members (excludes halogenated alkanes) is 1. The van der Waals surface area contributed by atoms with E-state index < -0.39 is 5.97 Å². The molecule has 4 aromatic rings. The van der Waals surface area contributed by atoms with Gasteiger partial charge >= 0.3 is 5.97 Å². The highest BCUT2D eigenvalue weighted by Crippen LogP contribution is 2.24. The van der Waals surface area contributed by atoms with Crippen LogP contribution in [0.25, 0.3) is 11.1 Å². The van der Waals surface area contributed by atoms with Gasteiger partial charge in [0.15, 0.2) is 5.82 Å². The zero-order valence-electron chi connectivity index (χ0n) is 18.9. The molecule has 0 saturated carbocycles. The van der Waals surface area contributed by atoms with Crippen LogP contribution in [0.3, 0.4) is 0 Å². The summed E-state index contributed by atoms with van der Waals surface area (Å²) in [6.45, 7) is 3.05. The number of aromatic carboxylic acids is 1. The van der Waals surface area contributed by atoms with Gasteiger partial charge in [0, 0.05) is 19.4 Å². The molecule has 0 aliphatic rings. The predicted octanol–water partition coefficient (Wildman–Crippen LogP) is 5.82. The summed E-state index contributed by atoms with van der Waals surface area (Å²) in [6.07, 6.45) is 4.62. The second-order valence-electron chi connectivity index (χ2n) is 8.23. The topological polar surface area (TPSA) is 68.0 Å². The molecular formula is C28H29N3O2. The molecule has 33 heavy (non-hydrogen) atoms. The summed E-state index contributed by atoms with van der Waals surface area (Å²) in [5, 5.41) is 14.3. The van der Waals surface area contributed by atoms with Gasteiger partial charge in [0.05, 0.1) is 5.56 Å². The number of benzene rings is 3. The number of rotatable bonds is 10. The Morgan fingerprint density at radius 3 is 2.33 bits per heavy atom. The Hall–Kier alpha value is -3.73. The van der Waals surface area contributed by atoms with Gasteiger partial charge in [0.25, 0.3) is 0 Å². The molecule has 0 aliphatic carbocycles. The highest BCUT2D eigenvalue weighted by Gasteiger charge is 2.13. The average Bonchev–Trinajstić information content (AvgIpc) is 3.24. The van der Waals surface area contributed by atoms with Crippen LogP contribution in [0, 0.1) is 0 Å². The number of aromatic nitrogens is 3. The Bertz CT molecular complexity index is 1200. The van der Waals surface area contributed by atoms with Gasteiger partial charge in [-0.15, -0.1) is 0 Å². The second-order valence-corrected chi connectivity index (χ2v) is 8.23. The third-order valence-corrected chi connectivity index (χ3v) is 5.78. The Morgan fingerprint density at radius 1 is 0.879 bits per heavy atom. The molecule has 0 spiro atoms. The first-order valence-electron chi connectivity index (χ1n) is 11.5. The van der Waals surface area contributed by atoms with Gasteiger partial charge in [-0.05, 0) is 41.2 Å². The quantitative estimate of drug-likeness (QED) is 0.338. The minimum Gasteiger partial charge on any atom is -0.478 e. The van der Waals surface area contributed by atoms with Crippen molar-refractivity contribution in [3.63, 3.8) is 0 Å². The van der Waals surface area contributed by atoms with Crippen molar-refractivity contribution in [2.45, 2.75) is 45.6 Å². The first-order chi connectivity index (χ1) is 16.1. The minimum atomic E-state index is -0.915. The fraction of sp³-hybridized carbons (Fsp3) is 0.250. The number of carbonyl (C=O) groups is 1. The number of nitrogens with zero attached hydrogens (tertiary/aromatic N) is 3. The van der Waals surface area contributed by atoms with E-state index in [2.05, 4.69) is 48.0 Å². The van der Waals surface area contributed by atoms with Crippen molar-refractivity contribution in [2.24, 2.45) is 0 Å². The highest BCUT2D eigenvalue weighted by atomic mass is 16.4. The lowest BCUT2D eigenvalue weighted by Crippen LogP contribution is -2.06. The summed E-state index contributed by atoms with van der Waals surface area (Å²) in [6, 6.07) is 25.6. The smallest absolute Gasteiger partial charge is 0.336 e. The van der Waals surface area contributed by atoms with Crippen molar-refractivity contribution in [2.75, 3.05) is 0 Å². The van der Waals surface area contributed by atoms with E-state index in [1.165, 1.54) is 5.56 Å². The minimum absolute atomic E-state index is 0.313. The van der Waals surface area contributed by atoms with E-state index in [9.17, 15) is 9.90 Å². The normalized spacial score (nSPS) is 10.9. The largest absolute Gasteiger partial charge is 0.478 e. The maximum atomic E-state index is 11.6. The van der Waals surface area contributed by atoms with Gasteiger partial charge in [0.2, 0.25) is 0 Å². The van der Waals surface area contributed by atoms with E-state index in [0.29, 0.717) is 12.0 Å². The predicted molar refractivity (Wildman–Crippen MR) is 130 cm³/mol. The molecule has 0 unspecified atom stereocenters.